The van der Waals surface area contributed by atoms with Gasteiger partial charge in [0.2, 0.25) is 5.89 Å². The van der Waals surface area contributed by atoms with E-state index in [-0.39, 0.29) is 0 Å². The van der Waals surface area contributed by atoms with Crippen LogP contribution in [0, 0.1) is 11.8 Å². The van der Waals surface area contributed by atoms with Crippen LogP contribution in [0.5, 0.6) is 0 Å². The highest BCUT2D eigenvalue weighted by Gasteiger charge is 2.19. The molecule has 134 valence electrons. The summed E-state index contributed by atoms with van der Waals surface area (Å²) in [6.07, 6.45) is 0. The number of anilines is 1. The summed E-state index contributed by atoms with van der Waals surface area (Å²) in [4.78, 5) is 5.20. The molecule has 5 nitrogen and oxygen atoms in total. The predicted molar refractivity (Wildman–Crippen MR) is 106 cm³/mol. The average molecular weight is 366 g/mol. The largest absolute Gasteiger partial charge is 0.409 e. The summed E-state index contributed by atoms with van der Waals surface area (Å²) in [6, 6.07) is 18.6. The minimum atomic E-state index is 0.425. The molecule has 1 aliphatic heterocycles. The first-order valence-electron chi connectivity index (χ1n) is 8.87. The quantitative estimate of drug-likeness (QED) is 0.654. The van der Waals surface area contributed by atoms with E-state index in [4.69, 9.17) is 16.6 Å². The zero-order chi connectivity index (χ0) is 17.9. The van der Waals surface area contributed by atoms with E-state index < -0.39 is 0 Å². The number of aromatic nitrogens is 2. The van der Waals surface area contributed by atoms with Crippen molar-refractivity contribution in [1.29, 1.82) is 0 Å². The number of hydrogen-bond acceptors (Lipinski definition) is 5. The smallest absolute Gasteiger partial charge is 0.288 e. The van der Waals surface area contributed by atoms with Crippen molar-refractivity contribution in [2.24, 2.45) is 0 Å². The van der Waals surface area contributed by atoms with E-state index in [1.54, 1.807) is 4.68 Å². The van der Waals surface area contributed by atoms with Crippen LogP contribution in [-0.2, 0) is 6.67 Å². The van der Waals surface area contributed by atoms with Crippen molar-refractivity contribution in [3.8, 4) is 11.5 Å². The molecule has 4 rings (SSSR count). The van der Waals surface area contributed by atoms with Gasteiger partial charge in [0.1, 0.15) is 0 Å². The van der Waals surface area contributed by atoms with Crippen LogP contribution in [-0.4, -0.2) is 40.9 Å². The Labute approximate surface area is 158 Å². The molecule has 26 heavy (non-hydrogen) atoms. The first-order chi connectivity index (χ1) is 12.7. The van der Waals surface area contributed by atoms with E-state index in [0.29, 0.717) is 17.4 Å². The summed E-state index contributed by atoms with van der Waals surface area (Å²) in [5.41, 5.74) is 3.41. The third-order valence-electron chi connectivity index (χ3n) is 4.81. The van der Waals surface area contributed by atoms with Gasteiger partial charge in [0.25, 0.3) is 4.84 Å². The first-order valence-corrected chi connectivity index (χ1v) is 9.28. The van der Waals surface area contributed by atoms with Gasteiger partial charge in [-0.15, -0.1) is 5.10 Å². The minimum Gasteiger partial charge on any atom is -0.409 e. The van der Waals surface area contributed by atoms with Gasteiger partial charge in [0.05, 0.1) is 6.67 Å². The lowest BCUT2D eigenvalue weighted by atomic mass is 10.1. The highest BCUT2D eigenvalue weighted by molar-refractivity contribution is 7.71. The Bertz CT molecular complexity index is 926. The molecule has 0 saturated carbocycles. The van der Waals surface area contributed by atoms with Crippen LogP contribution >= 0.6 is 12.2 Å². The Morgan fingerprint density at radius 2 is 1.65 bits per heavy atom. The lowest BCUT2D eigenvalue weighted by Crippen LogP contribution is -2.46. The molecular weight excluding hydrogens is 344 g/mol. The van der Waals surface area contributed by atoms with Crippen molar-refractivity contribution >= 4 is 17.9 Å². The molecule has 0 amide bonds. The van der Waals surface area contributed by atoms with E-state index in [1.165, 1.54) is 5.69 Å². The highest BCUT2D eigenvalue weighted by atomic mass is 32.1. The molecule has 0 unspecified atom stereocenters. The Morgan fingerprint density at radius 3 is 2.38 bits per heavy atom. The summed E-state index contributed by atoms with van der Waals surface area (Å²) in [5.74, 6) is 0.594. The molecule has 0 aliphatic carbocycles. The van der Waals surface area contributed by atoms with Crippen LogP contribution in [0.3, 0.4) is 0 Å². The second-order valence-electron chi connectivity index (χ2n) is 6.57. The van der Waals surface area contributed by atoms with Gasteiger partial charge in [0.15, 0.2) is 0 Å². The molecule has 2 aromatic carbocycles. The molecule has 6 heteroatoms. The average Bonchev–Trinajstić information content (AvgIpc) is 3.04. The van der Waals surface area contributed by atoms with E-state index in [2.05, 4.69) is 58.2 Å². The Morgan fingerprint density at radius 1 is 0.962 bits per heavy atom. The van der Waals surface area contributed by atoms with Crippen molar-refractivity contribution in [2.45, 2.75) is 13.6 Å². The molecular formula is C20H22N4OS. The van der Waals surface area contributed by atoms with Crippen LogP contribution in [0.4, 0.5) is 5.69 Å². The van der Waals surface area contributed by atoms with Crippen molar-refractivity contribution in [3.63, 3.8) is 0 Å². The number of nitrogens with zero attached hydrogens (tertiary/aromatic N) is 4. The molecule has 1 aromatic heterocycles. The van der Waals surface area contributed by atoms with Gasteiger partial charge in [-0.3, -0.25) is 4.90 Å². The van der Waals surface area contributed by atoms with Crippen LogP contribution < -0.4 is 4.90 Å². The van der Waals surface area contributed by atoms with Crippen molar-refractivity contribution < 1.29 is 4.42 Å². The highest BCUT2D eigenvalue weighted by Crippen LogP contribution is 2.22. The van der Waals surface area contributed by atoms with Gasteiger partial charge in [-0.2, -0.15) is 0 Å². The number of rotatable bonds is 4. The van der Waals surface area contributed by atoms with Gasteiger partial charge in [-0.25, -0.2) is 4.68 Å². The van der Waals surface area contributed by atoms with Gasteiger partial charge in [0, 0.05) is 37.4 Å². The lowest BCUT2D eigenvalue weighted by Gasteiger charge is -2.35. The molecule has 1 saturated heterocycles. The summed E-state index contributed by atoms with van der Waals surface area (Å²) < 4.78 is 7.53. The lowest BCUT2D eigenvalue weighted by molar-refractivity contribution is 0.192. The molecule has 0 atom stereocenters. The summed E-state index contributed by atoms with van der Waals surface area (Å²) in [6.45, 7) is 6.67. The van der Waals surface area contributed by atoms with Crippen molar-refractivity contribution in [1.82, 2.24) is 14.7 Å². The molecule has 0 N–H and O–H groups in total. The van der Waals surface area contributed by atoms with Gasteiger partial charge >= 0.3 is 0 Å². The minimum absolute atomic E-state index is 0.425. The molecule has 1 aliphatic rings. The second kappa shape index (κ2) is 7.43. The van der Waals surface area contributed by atoms with E-state index >= 15 is 0 Å². The Balaban J connectivity index is 1.43. The third kappa shape index (κ3) is 3.57. The van der Waals surface area contributed by atoms with Crippen molar-refractivity contribution in [2.75, 3.05) is 31.1 Å². The number of piperazine rings is 1. The molecule has 3 aromatic rings. The number of para-hydroxylation sites is 1. The maximum absolute atomic E-state index is 5.74. The second-order valence-corrected chi connectivity index (χ2v) is 6.92. The maximum atomic E-state index is 5.74. The summed E-state index contributed by atoms with van der Waals surface area (Å²) >= 11 is 5.38. The van der Waals surface area contributed by atoms with Crippen molar-refractivity contribution in [3.05, 3.63) is 65.0 Å². The Kier molecular flexibility index (Phi) is 4.86. The zero-order valence-electron chi connectivity index (χ0n) is 14.8. The molecule has 0 bridgehead atoms. The SMILES string of the molecule is Cc1ccccc1-c1nn(CN2CCN(c3ccccc3)CC2)c(=S)o1. The molecule has 0 radical (unpaired) electrons. The normalized spacial score (nSPS) is 15.3. The Hall–Kier alpha value is -2.44. The van der Waals surface area contributed by atoms with E-state index in [1.807, 2.05) is 18.2 Å². The van der Waals surface area contributed by atoms with E-state index in [0.717, 1.165) is 37.3 Å². The zero-order valence-corrected chi connectivity index (χ0v) is 15.7. The predicted octanol–water partition coefficient (Wildman–Crippen LogP) is 3.96. The van der Waals surface area contributed by atoms with Crippen LogP contribution in [0.1, 0.15) is 5.56 Å². The number of hydrogen-bond donors (Lipinski definition) is 0. The summed E-state index contributed by atoms with van der Waals surface area (Å²) in [5, 5.41) is 4.60. The fourth-order valence-corrected chi connectivity index (χ4v) is 3.47. The standard InChI is InChI=1S/C20H22N4OS/c1-16-7-5-6-10-18(16)19-21-24(20(26)25-19)15-22-11-13-23(14-12-22)17-8-3-2-4-9-17/h2-10H,11-15H2,1H3. The van der Waals surface area contributed by atoms with Gasteiger partial charge in [-0.1, -0.05) is 36.4 Å². The fraction of sp³-hybridized carbons (Fsp3) is 0.300. The van der Waals surface area contributed by atoms with Gasteiger partial charge < -0.3 is 9.32 Å². The van der Waals surface area contributed by atoms with Gasteiger partial charge in [-0.05, 0) is 42.9 Å². The molecule has 1 fully saturated rings. The number of benzene rings is 2. The topological polar surface area (TPSA) is 37.4 Å². The van der Waals surface area contributed by atoms with Crippen LogP contribution in [0.25, 0.3) is 11.5 Å². The van der Waals surface area contributed by atoms with Crippen LogP contribution in [0.2, 0.25) is 0 Å². The fourth-order valence-electron chi connectivity index (χ4n) is 3.29. The first kappa shape index (κ1) is 17.0. The summed E-state index contributed by atoms with van der Waals surface area (Å²) in [7, 11) is 0. The third-order valence-corrected chi connectivity index (χ3v) is 5.10. The van der Waals surface area contributed by atoms with E-state index in [9.17, 15) is 0 Å². The van der Waals surface area contributed by atoms with Crippen LogP contribution in [0.15, 0.2) is 59.0 Å². The molecule has 2 heterocycles. The monoisotopic (exact) mass is 366 g/mol. The number of aryl methyl sites for hydroxylation is 1. The maximum Gasteiger partial charge on any atom is 0.288 e. The molecule has 0 spiro atoms.